The fraction of sp³-hybridized carbons (Fsp3) is 0.276. The van der Waals surface area contributed by atoms with Crippen molar-refractivity contribution >= 4 is 61.2 Å². The van der Waals surface area contributed by atoms with Crippen LogP contribution in [0.3, 0.4) is 0 Å². The molecular formula is C29H30ClN5O4S2. The van der Waals surface area contributed by atoms with E-state index in [9.17, 15) is 13.5 Å². The normalized spacial score (nSPS) is 14.6. The lowest BCUT2D eigenvalue weighted by Gasteiger charge is -2.26. The number of halogens is 1. The highest BCUT2D eigenvalue weighted by atomic mass is 35.5. The van der Waals surface area contributed by atoms with Gasteiger partial charge in [0, 0.05) is 29.2 Å². The molecule has 0 spiro atoms. The summed E-state index contributed by atoms with van der Waals surface area (Å²) >= 11 is 11.5. The molecule has 0 bridgehead atoms. The monoisotopic (exact) mass is 611 g/mol. The molecule has 2 N–H and O–H groups in total. The lowest BCUT2D eigenvalue weighted by atomic mass is 10.1. The van der Waals surface area contributed by atoms with Crippen molar-refractivity contribution in [2.75, 3.05) is 31.6 Å². The van der Waals surface area contributed by atoms with Gasteiger partial charge in [0.25, 0.3) is 0 Å². The van der Waals surface area contributed by atoms with E-state index < -0.39 is 10.0 Å². The number of morpholine rings is 1. The zero-order valence-electron chi connectivity index (χ0n) is 22.9. The van der Waals surface area contributed by atoms with Crippen LogP contribution in [0, 0.1) is 20.8 Å². The minimum Gasteiger partial charge on any atom is -0.493 e. The fourth-order valence-electron chi connectivity index (χ4n) is 5.03. The molecule has 3 aromatic carbocycles. The van der Waals surface area contributed by atoms with Gasteiger partial charge >= 0.3 is 0 Å². The van der Waals surface area contributed by atoms with Crippen molar-refractivity contribution in [3.8, 4) is 5.88 Å². The number of hydrogen-bond acceptors (Lipinski definition) is 6. The van der Waals surface area contributed by atoms with Crippen LogP contribution < -0.4 is 5.32 Å². The predicted molar refractivity (Wildman–Crippen MR) is 165 cm³/mol. The Balaban J connectivity index is 1.55. The van der Waals surface area contributed by atoms with Gasteiger partial charge in [0.2, 0.25) is 21.0 Å². The Kier molecular flexibility index (Phi) is 8.44. The Hall–Kier alpha value is -3.35. The molecule has 0 radical (unpaired) electrons. The van der Waals surface area contributed by atoms with Gasteiger partial charge in [0.15, 0.2) is 5.69 Å². The number of aromatic nitrogens is 1. The van der Waals surface area contributed by atoms with Gasteiger partial charge in [0.1, 0.15) is 0 Å². The Morgan fingerprint density at radius 3 is 2.37 bits per heavy atom. The minimum absolute atomic E-state index is 0.0959. The summed E-state index contributed by atoms with van der Waals surface area (Å²) in [6.45, 7) is 7.50. The number of benzene rings is 3. The molecule has 4 aromatic rings. The van der Waals surface area contributed by atoms with Gasteiger partial charge in [-0.3, -0.25) is 0 Å². The second-order valence-corrected chi connectivity index (χ2v) is 12.7. The van der Waals surface area contributed by atoms with Gasteiger partial charge in [-0.15, -0.1) is 10.2 Å². The highest BCUT2D eigenvalue weighted by Crippen LogP contribution is 2.41. The number of rotatable bonds is 6. The number of nitrogens with one attached hydrogen (secondary N) is 1. The maximum Gasteiger partial charge on any atom is 0.243 e. The number of azo groups is 1. The summed E-state index contributed by atoms with van der Waals surface area (Å²) in [5.41, 5.74) is 5.61. The first kappa shape index (κ1) is 29.2. The van der Waals surface area contributed by atoms with E-state index in [4.69, 9.17) is 28.6 Å². The summed E-state index contributed by atoms with van der Waals surface area (Å²) in [6.07, 6.45) is 0. The smallest absolute Gasteiger partial charge is 0.243 e. The van der Waals surface area contributed by atoms with Crippen molar-refractivity contribution < 1.29 is 18.3 Å². The Labute approximate surface area is 249 Å². The molecule has 0 unspecified atom stereocenters. The number of aromatic hydroxyl groups is 1. The first-order valence-electron chi connectivity index (χ1n) is 13.0. The summed E-state index contributed by atoms with van der Waals surface area (Å²) in [4.78, 5) is 0.0959. The van der Waals surface area contributed by atoms with Crippen LogP contribution in [0.2, 0.25) is 5.02 Å². The van der Waals surface area contributed by atoms with E-state index in [2.05, 4.69) is 15.5 Å². The van der Waals surface area contributed by atoms with Gasteiger partial charge in [-0.25, -0.2) is 8.42 Å². The molecule has 5 rings (SSSR count). The molecule has 9 nitrogen and oxygen atoms in total. The van der Waals surface area contributed by atoms with E-state index >= 15 is 0 Å². The molecular weight excluding hydrogens is 582 g/mol. The first-order valence-corrected chi connectivity index (χ1v) is 15.3. The molecule has 2 heterocycles. The molecule has 12 heteroatoms. The standard InChI is InChI=1S/C29H30ClN5O4S2/c1-18-14-19(2)26(20(3)15-18)31-29(40)33-32-27-24-16-23(41(37,38)34-10-12-39-13-11-34)8-9-25(24)35(28(27)36)17-21-4-6-22(30)7-5-21/h4-9,14-16,36H,10-13,17H2,1-3H3,(H,31,40). The largest absolute Gasteiger partial charge is 0.493 e. The molecule has 0 saturated carbocycles. The van der Waals surface area contributed by atoms with E-state index in [1.807, 2.05) is 45.0 Å². The van der Waals surface area contributed by atoms with Crippen molar-refractivity contribution in [2.24, 2.45) is 10.2 Å². The number of thiocarbonyl (C=S) groups is 1. The predicted octanol–water partition coefficient (Wildman–Crippen LogP) is 6.48. The van der Waals surface area contributed by atoms with Gasteiger partial charge < -0.3 is 19.7 Å². The van der Waals surface area contributed by atoms with Crippen molar-refractivity contribution in [1.29, 1.82) is 0 Å². The summed E-state index contributed by atoms with van der Waals surface area (Å²) < 4.78 is 35.2. The Bertz CT molecular complexity index is 1740. The molecule has 1 fully saturated rings. The molecule has 0 aliphatic carbocycles. The van der Waals surface area contributed by atoms with Crippen LogP contribution in [-0.4, -0.2) is 53.8 Å². The van der Waals surface area contributed by atoms with Crippen molar-refractivity contribution in [3.05, 3.63) is 81.9 Å². The van der Waals surface area contributed by atoms with Crippen LogP contribution >= 0.6 is 23.8 Å². The van der Waals surface area contributed by atoms with Crippen LogP contribution in [-0.2, 0) is 21.3 Å². The Morgan fingerprint density at radius 2 is 1.71 bits per heavy atom. The van der Waals surface area contributed by atoms with E-state index in [0.717, 1.165) is 27.9 Å². The number of nitrogens with zero attached hydrogens (tertiary/aromatic N) is 4. The molecule has 1 aromatic heterocycles. The molecule has 214 valence electrons. The number of fused-ring (bicyclic) bond motifs is 1. The van der Waals surface area contributed by atoms with E-state index in [0.29, 0.717) is 35.7 Å². The maximum absolute atomic E-state index is 13.4. The lowest BCUT2D eigenvalue weighted by Crippen LogP contribution is -2.40. The molecule has 0 atom stereocenters. The van der Waals surface area contributed by atoms with Crippen LogP contribution in [0.25, 0.3) is 10.9 Å². The van der Waals surface area contributed by atoms with Crippen LogP contribution in [0.1, 0.15) is 22.3 Å². The zero-order valence-corrected chi connectivity index (χ0v) is 25.3. The van der Waals surface area contributed by atoms with Crippen LogP contribution in [0.15, 0.2) is 69.7 Å². The van der Waals surface area contributed by atoms with Crippen molar-refractivity contribution in [2.45, 2.75) is 32.2 Å². The molecule has 0 amide bonds. The fourth-order valence-corrected chi connectivity index (χ4v) is 6.74. The van der Waals surface area contributed by atoms with E-state index in [1.165, 1.54) is 10.4 Å². The Morgan fingerprint density at radius 1 is 1.05 bits per heavy atom. The lowest BCUT2D eigenvalue weighted by molar-refractivity contribution is 0.0730. The molecule has 41 heavy (non-hydrogen) atoms. The number of hydrogen-bond donors (Lipinski definition) is 2. The second kappa shape index (κ2) is 11.9. The van der Waals surface area contributed by atoms with Gasteiger partial charge in [0.05, 0.1) is 30.2 Å². The van der Waals surface area contributed by atoms with E-state index in [1.54, 1.807) is 28.8 Å². The zero-order chi connectivity index (χ0) is 29.3. The topological polar surface area (TPSA) is 109 Å². The summed E-state index contributed by atoms with van der Waals surface area (Å²) in [5, 5.41) is 24.1. The summed E-state index contributed by atoms with van der Waals surface area (Å²) in [6, 6.07) is 16.1. The third-order valence-electron chi connectivity index (χ3n) is 6.99. The molecule has 1 saturated heterocycles. The minimum atomic E-state index is -3.79. The summed E-state index contributed by atoms with van der Waals surface area (Å²) in [7, 11) is -3.79. The first-order chi connectivity index (χ1) is 19.5. The van der Waals surface area contributed by atoms with Crippen LogP contribution in [0.5, 0.6) is 5.88 Å². The summed E-state index contributed by atoms with van der Waals surface area (Å²) in [5.74, 6) is -0.162. The maximum atomic E-state index is 13.4. The number of sulfonamides is 1. The van der Waals surface area contributed by atoms with Gasteiger partial charge in [-0.2, -0.15) is 4.31 Å². The van der Waals surface area contributed by atoms with Gasteiger partial charge in [-0.1, -0.05) is 41.4 Å². The molecule has 1 aliphatic rings. The van der Waals surface area contributed by atoms with Crippen LogP contribution in [0.4, 0.5) is 11.4 Å². The highest BCUT2D eigenvalue weighted by molar-refractivity contribution is 7.89. The highest BCUT2D eigenvalue weighted by Gasteiger charge is 2.28. The quantitative estimate of drug-likeness (QED) is 0.191. The number of aryl methyl sites for hydroxylation is 3. The van der Waals surface area contributed by atoms with E-state index in [-0.39, 0.29) is 34.7 Å². The van der Waals surface area contributed by atoms with Gasteiger partial charge in [-0.05, 0) is 80.0 Å². The SMILES string of the molecule is Cc1cc(C)c(NC(=S)N=Nc2c(O)n(Cc3ccc(Cl)cc3)c3ccc(S(=O)(=O)N4CCOCC4)cc23)c(C)c1. The third-order valence-corrected chi connectivity index (χ3v) is 9.32. The molecule has 1 aliphatic heterocycles. The third kappa shape index (κ3) is 6.14. The number of ether oxygens (including phenoxy) is 1. The average molecular weight is 612 g/mol. The number of anilines is 1. The van der Waals surface area contributed by atoms with Crippen molar-refractivity contribution in [3.63, 3.8) is 0 Å². The second-order valence-electron chi connectivity index (χ2n) is 9.98. The average Bonchev–Trinajstić information content (AvgIpc) is 3.20. The van der Waals surface area contributed by atoms with Crippen molar-refractivity contribution in [1.82, 2.24) is 8.87 Å².